The van der Waals surface area contributed by atoms with Crippen LogP contribution in [0, 0.1) is 5.92 Å². The number of amides is 1. The van der Waals surface area contributed by atoms with E-state index in [1.165, 1.54) is 16.7 Å². The maximum Gasteiger partial charge on any atom is 0.355 e. The number of aromatic nitrogens is 1. The van der Waals surface area contributed by atoms with Crippen molar-refractivity contribution in [1.29, 1.82) is 0 Å². The van der Waals surface area contributed by atoms with Gasteiger partial charge in [-0.25, -0.2) is 9.78 Å². The first-order valence-electron chi connectivity index (χ1n) is 4.46. The fourth-order valence-electron chi connectivity index (χ4n) is 0.857. The third-order valence-corrected chi connectivity index (χ3v) is 2.56. The largest absolute Gasteiger partial charge is 0.476 e. The maximum atomic E-state index is 11.2. The van der Waals surface area contributed by atoms with Crippen molar-refractivity contribution in [3.63, 3.8) is 0 Å². The quantitative estimate of drug-likeness (QED) is 0.809. The average Bonchev–Trinajstić information content (AvgIpc) is 2.62. The zero-order valence-electron chi connectivity index (χ0n) is 8.48. The van der Waals surface area contributed by atoms with Crippen LogP contribution in [0.2, 0.25) is 0 Å². The summed E-state index contributed by atoms with van der Waals surface area (Å²) in [6, 6.07) is 0. The molecule has 0 aromatic carbocycles. The number of nitrogens with one attached hydrogen (secondary N) is 1. The monoisotopic (exact) mass is 228 g/mol. The van der Waals surface area contributed by atoms with Crippen LogP contribution in [0.5, 0.6) is 0 Å². The number of aromatic carboxylic acids is 1. The van der Waals surface area contributed by atoms with Crippen molar-refractivity contribution in [1.82, 2.24) is 10.3 Å². The maximum absolute atomic E-state index is 11.2. The molecule has 1 aromatic rings. The summed E-state index contributed by atoms with van der Waals surface area (Å²) >= 11 is 1.22. The fraction of sp³-hybridized carbons (Fsp3) is 0.444. The number of carboxylic acids is 1. The Balaban J connectivity index is 2.51. The van der Waals surface area contributed by atoms with E-state index in [0.29, 0.717) is 5.01 Å². The number of carbonyl (C=O) groups excluding carboxylic acids is 1. The molecular formula is C9H12N2O3S. The van der Waals surface area contributed by atoms with Gasteiger partial charge in [0.25, 0.3) is 0 Å². The second-order valence-corrected chi connectivity index (χ2v) is 4.25. The number of nitrogens with zero attached hydrogens (tertiary/aromatic N) is 1. The van der Waals surface area contributed by atoms with Crippen LogP contribution < -0.4 is 5.32 Å². The van der Waals surface area contributed by atoms with E-state index in [2.05, 4.69) is 10.3 Å². The third kappa shape index (κ3) is 3.32. The van der Waals surface area contributed by atoms with E-state index in [0.717, 1.165) is 0 Å². The molecule has 0 spiro atoms. The lowest BCUT2D eigenvalue weighted by Gasteiger charge is -2.04. The molecule has 0 bridgehead atoms. The van der Waals surface area contributed by atoms with Gasteiger partial charge in [0, 0.05) is 11.3 Å². The Bertz CT molecular complexity index is 373. The zero-order chi connectivity index (χ0) is 11.4. The minimum absolute atomic E-state index is 0.0220. The van der Waals surface area contributed by atoms with Gasteiger partial charge < -0.3 is 10.4 Å². The van der Waals surface area contributed by atoms with E-state index < -0.39 is 5.97 Å². The summed E-state index contributed by atoms with van der Waals surface area (Å²) in [5.74, 6) is -1.20. The van der Waals surface area contributed by atoms with Crippen molar-refractivity contribution in [3.05, 3.63) is 16.1 Å². The zero-order valence-corrected chi connectivity index (χ0v) is 9.30. The lowest BCUT2D eigenvalue weighted by atomic mass is 10.2. The van der Waals surface area contributed by atoms with Crippen LogP contribution >= 0.6 is 11.3 Å². The van der Waals surface area contributed by atoms with Crippen LogP contribution in [0.3, 0.4) is 0 Å². The second kappa shape index (κ2) is 4.88. The lowest BCUT2D eigenvalue weighted by Crippen LogP contribution is -2.27. The van der Waals surface area contributed by atoms with Gasteiger partial charge >= 0.3 is 5.97 Å². The number of carboxylic acid groups (broad SMARTS) is 1. The number of hydrogen-bond donors (Lipinski definition) is 2. The molecule has 1 amide bonds. The molecule has 0 saturated heterocycles. The van der Waals surface area contributed by atoms with Crippen molar-refractivity contribution in [2.45, 2.75) is 20.4 Å². The van der Waals surface area contributed by atoms with E-state index in [4.69, 9.17) is 5.11 Å². The first-order chi connectivity index (χ1) is 7.00. The number of rotatable bonds is 4. The summed E-state index contributed by atoms with van der Waals surface area (Å²) in [5, 5.41) is 13.3. The molecule has 1 heterocycles. The minimum atomic E-state index is -1.05. The van der Waals surface area contributed by atoms with Crippen molar-refractivity contribution in [2.24, 2.45) is 5.92 Å². The van der Waals surface area contributed by atoms with Crippen LogP contribution in [0.15, 0.2) is 5.38 Å². The summed E-state index contributed by atoms with van der Waals surface area (Å²) < 4.78 is 0. The van der Waals surface area contributed by atoms with Gasteiger partial charge in [-0.15, -0.1) is 11.3 Å². The Morgan fingerprint density at radius 2 is 2.27 bits per heavy atom. The van der Waals surface area contributed by atoms with Gasteiger partial charge in [-0.3, -0.25) is 4.79 Å². The number of carbonyl (C=O) groups is 2. The molecule has 5 nitrogen and oxygen atoms in total. The normalized spacial score (nSPS) is 10.3. The predicted octanol–water partition coefficient (Wildman–Crippen LogP) is 1.11. The Morgan fingerprint density at radius 1 is 1.60 bits per heavy atom. The molecule has 0 aliphatic carbocycles. The molecule has 15 heavy (non-hydrogen) atoms. The van der Waals surface area contributed by atoms with Crippen LogP contribution in [-0.2, 0) is 11.3 Å². The van der Waals surface area contributed by atoms with Gasteiger partial charge in [0.1, 0.15) is 5.01 Å². The lowest BCUT2D eigenvalue weighted by molar-refractivity contribution is -0.124. The molecule has 82 valence electrons. The smallest absolute Gasteiger partial charge is 0.355 e. The molecule has 6 heteroatoms. The van der Waals surface area contributed by atoms with Crippen LogP contribution in [0.1, 0.15) is 29.3 Å². The molecule has 0 radical (unpaired) electrons. The van der Waals surface area contributed by atoms with Crippen LogP contribution in [0.25, 0.3) is 0 Å². The highest BCUT2D eigenvalue weighted by molar-refractivity contribution is 7.09. The SMILES string of the molecule is CC(C)C(=O)NCc1nc(C(=O)O)cs1. The topological polar surface area (TPSA) is 79.3 Å². The molecular weight excluding hydrogens is 216 g/mol. The van der Waals surface area contributed by atoms with Crippen molar-refractivity contribution < 1.29 is 14.7 Å². The van der Waals surface area contributed by atoms with Crippen LogP contribution in [0.4, 0.5) is 0 Å². The van der Waals surface area contributed by atoms with Crippen molar-refractivity contribution in [3.8, 4) is 0 Å². The predicted molar refractivity (Wildman–Crippen MR) is 55.8 cm³/mol. The standard InChI is InChI=1S/C9H12N2O3S/c1-5(2)8(12)10-3-7-11-6(4-15-7)9(13)14/h4-5H,3H2,1-2H3,(H,10,12)(H,13,14). The third-order valence-electron chi connectivity index (χ3n) is 1.71. The first kappa shape index (κ1) is 11.6. The molecule has 0 unspecified atom stereocenters. The Kier molecular flexibility index (Phi) is 3.79. The highest BCUT2D eigenvalue weighted by Crippen LogP contribution is 2.09. The Morgan fingerprint density at radius 3 is 2.73 bits per heavy atom. The molecule has 0 fully saturated rings. The van der Waals surface area contributed by atoms with Gasteiger partial charge in [0.15, 0.2) is 5.69 Å². The molecule has 1 aromatic heterocycles. The number of thiazole rings is 1. The minimum Gasteiger partial charge on any atom is -0.476 e. The van der Waals surface area contributed by atoms with Gasteiger partial charge in [-0.05, 0) is 0 Å². The summed E-state index contributed by atoms with van der Waals surface area (Å²) in [5.41, 5.74) is 0.0220. The second-order valence-electron chi connectivity index (χ2n) is 3.30. The van der Waals surface area contributed by atoms with Gasteiger partial charge in [0.05, 0.1) is 6.54 Å². The Hall–Kier alpha value is -1.43. The van der Waals surface area contributed by atoms with Gasteiger partial charge in [-0.1, -0.05) is 13.8 Å². The fourth-order valence-corrected chi connectivity index (χ4v) is 1.56. The summed E-state index contributed by atoms with van der Waals surface area (Å²) in [6.45, 7) is 3.87. The average molecular weight is 228 g/mol. The van der Waals surface area contributed by atoms with Gasteiger partial charge in [0.2, 0.25) is 5.91 Å². The van der Waals surface area contributed by atoms with Crippen molar-refractivity contribution >= 4 is 23.2 Å². The van der Waals surface area contributed by atoms with E-state index >= 15 is 0 Å². The molecule has 0 atom stereocenters. The molecule has 0 aliphatic heterocycles. The highest BCUT2D eigenvalue weighted by Gasteiger charge is 2.10. The van der Waals surface area contributed by atoms with Gasteiger partial charge in [-0.2, -0.15) is 0 Å². The van der Waals surface area contributed by atoms with E-state index in [1.54, 1.807) is 13.8 Å². The van der Waals surface area contributed by atoms with E-state index in [-0.39, 0.29) is 24.1 Å². The molecule has 0 aliphatic rings. The van der Waals surface area contributed by atoms with E-state index in [1.807, 2.05) is 0 Å². The molecule has 1 rings (SSSR count). The van der Waals surface area contributed by atoms with Crippen LogP contribution in [-0.4, -0.2) is 22.0 Å². The summed E-state index contributed by atoms with van der Waals surface area (Å²) in [4.78, 5) is 25.6. The molecule has 2 N–H and O–H groups in total. The first-order valence-corrected chi connectivity index (χ1v) is 5.34. The highest BCUT2D eigenvalue weighted by atomic mass is 32.1. The summed E-state index contributed by atoms with van der Waals surface area (Å²) in [6.07, 6.45) is 0. The Labute approximate surface area is 91.1 Å². The summed E-state index contributed by atoms with van der Waals surface area (Å²) in [7, 11) is 0. The number of hydrogen-bond acceptors (Lipinski definition) is 4. The van der Waals surface area contributed by atoms with Crippen molar-refractivity contribution in [2.75, 3.05) is 0 Å². The molecule has 0 saturated carbocycles. The van der Waals surface area contributed by atoms with E-state index in [9.17, 15) is 9.59 Å².